The lowest BCUT2D eigenvalue weighted by molar-refractivity contribution is -0.386. The normalized spacial score (nSPS) is 15.6. The van der Waals surface area contributed by atoms with Crippen molar-refractivity contribution < 1.29 is 33.2 Å². The predicted octanol–water partition coefficient (Wildman–Crippen LogP) is 3.24. The van der Waals surface area contributed by atoms with Gasteiger partial charge >= 0.3 is 17.7 Å². The van der Waals surface area contributed by atoms with Crippen LogP contribution in [0.3, 0.4) is 0 Å². The zero-order chi connectivity index (χ0) is 23.4. The van der Waals surface area contributed by atoms with E-state index in [-0.39, 0.29) is 46.9 Å². The summed E-state index contributed by atoms with van der Waals surface area (Å²) >= 11 is 0. The van der Waals surface area contributed by atoms with Crippen molar-refractivity contribution >= 4 is 29.7 Å². The first-order valence-electron chi connectivity index (χ1n) is 9.70. The first-order chi connectivity index (χ1) is 15.2. The van der Waals surface area contributed by atoms with Gasteiger partial charge in [-0.25, -0.2) is 9.59 Å². The number of esters is 1. The highest BCUT2D eigenvalue weighted by Gasteiger charge is 2.35. The van der Waals surface area contributed by atoms with Crippen LogP contribution in [0, 0.1) is 10.1 Å². The van der Waals surface area contributed by atoms with Gasteiger partial charge in [0, 0.05) is 11.6 Å². The standard InChI is InChI=1S/C21H21N3O8/c1-4-12(2)31-18-13(6-5-7-16(18)24(28)29)10-15-19(25)23(21(27)22-15)11-14-8-9-17(32-14)20(26)30-3/h5-10,12H,4,11H2,1-3H3,(H,22,27). The number of nitrogens with zero attached hydrogens (tertiary/aromatic N) is 2. The van der Waals surface area contributed by atoms with Crippen molar-refractivity contribution in [2.75, 3.05) is 7.11 Å². The number of hydrogen-bond acceptors (Lipinski definition) is 8. The number of carbonyl (C=O) groups is 3. The summed E-state index contributed by atoms with van der Waals surface area (Å²) in [6.45, 7) is 3.42. The summed E-state index contributed by atoms with van der Waals surface area (Å²) in [6.07, 6.45) is 1.64. The fraction of sp³-hybridized carbons (Fsp3) is 0.286. The third kappa shape index (κ3) is 4.61. The first-order valence-corrected chi connectivity index (χ1v) is 9.70. The van der Waals surface area contributed by atoms with Gasteiger partial charge in [-0.2, -0.15) is 0 Å². The van der Waals surface area contributed by atoms with Crippen LogP contribution in [0.4, 0.5) is 10.5 Å². The molecule has 1 saturated heterocycles. The van der Waals surface area contributed by atoms with E-state index >= 15 is 0 Å². The van der Waals surface area contributed by atoms with Crippen LogP contribution in [0.1, 0.15) is 42.1 Å². The van der Waals surface area contributed by atoms with E-state index in [1.807, 2.05) is 6.92 Å². The fourth-order valence-electron chi connectivity index (χ4n) is 2.91. The van der Waals surface area contributed by atoms with E-state index in [0.717, 1.165) is 4.90 Å². The van der Waals surface area contributed by atoms with Crippen LogP contribution in [0.5, 0.6) is 5.75 Å². The number of benzene rings is 1. The quantitative estimate of drug-likeness (QED) is 0.215. The molecular formula is C21H21N3O8. The fourth-order valence-corrected chi connectivity index (χ4v) is 2.91. The van der Waals surface area contributed by atoms with E-state index in [9.17, 15) is 24.5 Å². The molecule has 1 N–H and O–H groups in total. The average Bonchev–Trinajstić information content (AvgIpc) is 3.34. The lowest BCUT2D eigenvalue weighted by atomic mass is 10.1. The van der Waals surface area contributed by atoms with Gasteiger partial charge in [-0.05, 0) is 31.6 Å². The lowest BCUT2D eigenvalue weighted by Gasteiger charge is -2.15. The van der Waals surface area contributed by atoms with Crippen LogP contribution in [0.25, 0.3) is 6.08 Å². The molecule has 0 aliphatic carbocycles. The van der Waals surface area contributed by atoms with Gasteiger partial charge in [-0.1, -0.05) is 19.1 Å². The Morgan fingerprint density at radius 3 is 2.72 bits per heavy atom. The van der Waals surface area contributed by atoms with Crippen LogP contribution < -0.4 is 10.1 Å². The number of ether oxygens (including phenoxy) is 2. The van der Waals surface area contributed by atoms with Gasteiger partial charge in [0.15, 0.2) is 0 Å². The number of amides is 3. The molecule has 11 heteroatoms. The smallest absolute Gasteiger partial charge is 0.373 e. The molecule has 11 nitrogen and oxygen atoms in total. The molecule has 1 unspecified atom stereocenters. The van der Waals surface area contributed by atoms with Crippen molar-refractivity contribution in [2.24, 2.45) is 0 Å². The van der Waals surface area contributed by atoms with Crippen LogP contribution in [0.15, 0.2) is 40.4 Å². The third-order valence-corrected chi connectivity index (χ3v) is 4.74. The zero-order valence-corrected chi connectivity index (χ0v) is 17.6. The summed E-state index contributed by atoms with van der Waals surface area (Å²) < 4.78 is 15.6. The van der Waals surface area contributed by atoms with Gasteiger partial charge in [-0.3, -0.25) is 19.8 Å². The molecule has 0 radical (unpaired) electrons. The van der Waals surface area contributed by atoms with Gasteiger partial charge in [0.25, 0.3) is 5.91 Å². The molecule has 0 bridgehead atoms. The zero-order valence-electron chi connectivity index (χ0n) is 17.6. The number of methoxy groups -OCH3 is 1. The predicted molar refractivity (Wildman–Crippen MR) is 111 cm³/mol. The molecule has 1 fully saturated rings. The van der Waals surface area contributed by atoms with Crippen molar-refractivity contribution in [1.29, 1.82) is 0 Å². The Hall–Kier alpha value is -4.15. The van der Waals surface area contributed by atoms with Crippen molar-refractivity contribution in [1.82, 2.24) is 10.2 Å². The highest BCUT2D eigenvalue weighted by Crippen LogP contribution is 2.34. The number of hydrogen-bond donors (Lipinski definition) is 1. The monoisotopic (exact) mass is 443 g/mol. The second-order valence-corrected chi connectivity index (χ2v) is 6.93. The van der Waals surface area contributed by atoms with Crippen molar-refractivity contribution in [2.45, 2.75) is 32.9 Å². The van der Waals surface area contributed by atoms with E-state index in [1.54, 1.807) is 13.0 Å². The number of urea groups is 1. The molecule has 0 saturated carbocycles. The number of furan rings is 1. The summed E-state index contributed by atoms with van der Waals surface area (Å²) in [5.41, 5.74) is -0.0561. The summed E-state index contributed by atoms with van der Waals surface area (Å²) in [4.78, 5) is 48.4. The van der Waals surface area contributed by atoms with E-state index < -0.39 is 22.8 Å². The number of imide groups is 1. The second kappa shape index (κ2) is 9.33. The van der Waals surface area contributed by atoms with Crippen LogP contribution in [-0.4, -0.2) is 40.9 Å². The number of nitrogens with one attached hydrogen (secondary N) is 1. The van der Waals surface area contributed by atoms with Crippen LogP contribution in [-0.2, 0) is 16.1 Å². The summed E-state index contributed by atoms with van der Waals surface area (Å²) in [5, 5.41) is 13.9. The Kier molecular flexibility index (Phi) is 6.57. The number of para-hydroxylation sites is 1. The molecule has 1 aromatic carbocycles. The summed E-state index contributed by atoms with van der Waals surface area (Å²) in [5.74, 6) is -1.20. The topological polar surface area (TPSA) is 141 Å². The van der Waals surface area contributed by atoms with Crippen LogP contribution >= 0.6 is 0 Å². The Morgan fingerprint density at radius 1 is 1.31 bits per heavy atom. The molecule has 32 heavy (non-hydrogen) atoms. The molecule has 3 amide bonds. The maximum absolute atomic E-state index is 12.8. The molecule has 3 rings (SSSR count). The maximum atomic E-state index is 12.8. The number of rotatable bonds is 8. The lowest BCUT2D eigenvalue weighted by Crippen LogP contribution is -2.30. The molecule has 1 aliphatic heterocycles. The van der Waals surface area contributed by atoms with Gasteiger partial charge in [0.1, 0.15) is 11.5 Å². The number of nitro groups is 1. The minimum absolute atomic E-state index is 0.00797. The SMILES string of the molecule is CCC(C)Oc1c(C=C2NC(=O)N(Cc3ccc(C(=O)OC)o3)C2=O)cccc1[N+](=O)[O-]. The minimum Gasteiger partial charge on any atom is -0.483 e. The maximum Gasteiger partial charge on any atom is 0.373 e. The Bertz CT molecular complexity index is 1100. The second-order valence-electron chi connectivity index (χ2n) is 6.93. The van der Waals surface area contributed by atoms with E-state index in [0.29, 0.717) is 6.42 Å². The van der Waals surface area contributed by atoms with Gasteiger partial charge < -0.3 is 19.2 Å². The Labute approximate surface area is 182 Å². The first kappa shape index (κ1) is 22.5. The summed E-state index contributed by atoms with van der Waals surface area (Å²) in [7, 11) is 1.20. The van der Waals surface area contributed by atoms with Crippen molar-refractivity contribution in [3.8, 4) is 5.75 Å². The molecule has 1 atom stereocenters. The third-order valence-electron chi connectivity index (χ3n) is 4.74. The molecule has 1 aliphatic rings. The molecule has 1 aromatic heterocycles. The highest BCUT2D eigenvalue weighted by molar-refractivity contribution is 6.14. The Morgan fingerprint density at radius 2 is 2.06 bits per heavy atom. The van der Waals surface area contributed by atoms with E-state index in [1.165, 1.54) is 37.5 Å². The molecule has 0 spiro atoms. The summed E-state index contributed by atoms with van der Waals surface area (Å²) in [6, 6.07) is 6.44. The van der Waals surface area contributed by atoms with Crippen molar-refractivity contribution in [3.63, 3.8) is 0 Å². The molecule has 168 valence electrons. The van der Waals surface area contributed by atoms with E-state index in [2.05, 4.69) is 10.1 Å². The number of nitro benzene ring substituents is 1. The number of carbonyl (C=O) groups excluding carboxylic acids is 3. The van der Waals surface area contributed by atoms with E-state index in [4.69, 9.17) is 9.15 Å². The highest BCUT2D eigenvalue weighted by atomic mass is 16.6. The minimum atomic E-state index is -0.702. The van der Waals surface area contributed by atoms with Gasteiger partial charge in [0.05, 0.1) is 24.7 Å². The molecular weight excluding hydrogens is 422 g/mol. The average molecular weight is 443 g/mol. The van der Waals surface area contributed by atoms with Gasteiger partial charge in [-0.15, -0.1) is 0 Å². The molecule has 2 heterocycles. The van der Waals surface area contributed by atoms with Crippen LogP contribution in [0.2, 0.25) is 0 Å². The van der Waals surface area contributed by atoms with Crippen molar-refractivity contribution in [3.05, 3.63) is 63.2 Å². The molecule has 2 aromatic rings. The largest absolute Gasteiger partial charge is 0.483 e. The Balaban J connectivity index is 1.89. The van der Waals surface area contributed by atoms with Gasteiger partial charge in [0.2, 0.25) is 11.5 Å².